The van der Waals surface area contributed by atoms with Gasteiger partial charge in [-0.25, -0.2) is 9.40 Å². The second-order valence-electron chi connectivity index (χ2n) is 8.01. The summed E-state index contributed by atoms with van der Waals surface area (Å²) in [6, 6.07) is 7.03. The molecule has 7 nitrogen and oxygen atoms in total. The van der Waals surface area contributed by atoms with Gasteiger partial charge in [0.25, 0.3) is 5.91 Å². The molecule has 2 saturated heterocycles. The molecule has 1 aromatic carbocycles. The van der Waals surface area contributed by atoms with Crippen LogP contribution in [0.2, 0.25) is 0 Å². The predicted molar refractivity (Wildman–Crippen MR) is 109 cm³/mol. The van der Waals surface area contributed by atoms with E-state index in [1.165, 1.54) is 17.1 Å². The minimum absolute atomic E-state index is 0.0287. The molecule has 0 N–H and O–H groups in total. The number of rotatable bonds is 3. The molecular formula is C21H28FN5O2. The Kier molecular flexibility index (Phi) is 5.80. The minimum Gasteiger partial charge on any atom is -0.369 e. The SMILES string of the molecule is CN1N=C(C(=O)N2CCC[C@@H](N3CCN(c4ccc(F)cc4)CC3)C2)CCC1=O. The highest BCUT2D eigenvalue weighted by atomic mass is 19.1. The summed E-state index contributed by atoms with van der Waals surface area (Å²) >= 11 is 0. The number of piperazine rings is 1. The molecule has 3 aliphatic heterocycles. The van der Waals surface area contributed by atoms with Crippen molar-refractivity contribution in [2.24, 2.45) is 5.10 Å². The Hall–Kier alpha value is -2.48. The van der Waals surface area contributed by atoms with E-state index in [1.54, 1.807) is 7.05 Å². The fourth-order valence-corrected chi connectivity index (χ4v) is 4.44. The van der Waals surface area contributed by atoms with Gasteiger partial charge in [-0.05, 0) is 37.1 Å². The summed E-state index contributed by atoms with van der Waals surface area (Å²) in [6.45, 7) is 5.13. The maximum Gasteiger partial charge on any atom is 0.270 e. The number of hydrogen-bond donors (Lipinski definition) is 0. The maximum atomic E-state index is 13.1. The molecule has 3 heterocycles. The van der Waals surface area contributed by atoms with Crippen LogP contribution in [0.15, 0.2) is 29.4 Å². The topological polar surface area (TPSA) is 59.5 Å². The molecule has 8 heteroatoms. The molecule has 0 radical (unpaired) electrons. The Balaban J connectivity index is 1.33. The molecule has 2 fully saturated rings. The van der Waals surface area contributed by atoms with Crippen LogP contribution in [-0.2, 0) is 9.59 Å². The summed E-state index contributed by atoms with van der Waals surface area (Å²) in [7, 11) is 1.61. The first kappa shape index (κ1) is 19.8. The van der Waals surface area contributed by atoms with Gasteiger partial charge >= 0.3 is 0 Å². The van der Waals surface area contributed by atoms with Gasteiger partial charge in [0.2, 0.25) is 5.91 Å². The van der Waals surface area contributed by atoms with Crippen molar-refractivity contribution in [2.75, 3.05) is 51.2 Å². The average molecular weight is 401 g/mol. The van der Waals surface area contributed by atoms with Crippen molar-refractivity contribution in [2.45, 2.75) is 31.7 Å². The van der Waals surface area contributed by atoms with Gasteiger partial charge in [0, 0.05) is 70.9 Å². The number of carbonyl (C=O) groups is 2. The standard InChI is InChI=1S/C21H28FN5O2/c1-24-20(28)9-8-19(23-24)21(29)27-10-2-3-18(15-27)26-13-11-25(12-14-26)17-6-4-16(22)5-7-17/h4-7,18H,2-3,8-15H2,1H3/t18-/m1/s1. The van der Waals surface area contributed by atoms with Gasteiger partial charge in [-0.15, -0.1) is 0 Å². The fourth-order valence-electron chi connectivity index (χ4n) is 4.44. The first-order chi connectivity index (χ1) is 14.0. The average Bonchev–Trinajstić information content (AvgIpc) is 2.76. The number of hydrazone groups is 1. The summed E-state index contributed by atoms with van der Waals surface area (Å²) in [5.41, 5.74) is 1.55. The molecule has 0 spiro atoms. The van der Waals surface area contributed by atoms with E-state index >= 15 is 0 Å². The van der Waals surface area contributed by atoms with E-state index < -0.39 is 0 Å². The van der Waals surface area contributed by atoms with Gasteiger partial charge in [0.05, 0.1) is 0 Å². The van der Waals surface area contributed by atoms with Crippen LogP contribution in [0.5, 0.6) is 0 Å². The van der Waals surface area contributed by atoms with E-state index in [-0.39, 0.29) is 17.6 Å². The van der Waals surface area contributed by atoms with E-state index in [0.717, 1.165) is 51.3 Å². The van der Waals surface area contributed by atoms with Crippen molar-refractivity contribution < 1.29 is 14.0 Å². The highest BCUT2D eigenvalue weighted by Crippen LogP contribution is 2.22. The number of carbonyl (C=O) groups excluding carboxylic acids is 2. The quantitative estimate of drug-likeness (QED) is 0.771. The molecule has 0 aliphatic carbocycles. The number of halogens is 1. The molecule has 156 valence electrons. The van der Waals surface area contributed by atoms with Crippen LogP contribution in [0.25, 0.3) is 0 Å². The van der Waals surface area contributed by atoms with Crippen LogP contribution in [0.4, 0.5) is 10.1 Å². The third-order valence-corrected chi connectivity index (χ3v) is 6.16. The Morgan fingerprint density at radius 2 is 1.79 bits per heavy atom. The highest BCUT2D eigenvalue weighted by Gasteiger charge is 2.32. The van der Waals surface area contributed by atoms with Crippen LogP contribution in [0.3, 0.4) is 0 Å². The lowest BCUT2D eigenvalue weighted by molar-refractivity contribution is -0.131. The predicted octanol–water partition coefficient (Wildman–Crippen LogP) is 1.55. The van der Waals surface area contributed by atoms with Crippen LogP contribution in [-0.4, -0.2) is 84.7 Å². The van der Waals surface area contributed by atoms with Crippen molar-refractivity contribution in [3.63, 3.8) is 0 Å². The van der Waals surface area contributed by atoms with E-state index in [2.05, 4.69) is 14.9 Å². The van der Waals surface area contributed by atoms with Crippen molar-refractivity contribution in [3.05, 3.63) is 30.1 Å². The lowest BCUT2D eigenvalue weighted by atomic mass is 10.0. The van der Waals surface area contributed by atoms with E-state index in [4.69, 9.17) is 0 Å². The molecule has 1 atom stereocenters. The monoisotopic (exact) mass is 401 g/mol. The second kappa shape index (κ2) is 8.49. The molecule has 29 heavy (non-hydrogen) atoms. The van der Waals surface area contributed by atoms with Crippen LogP contribution >= 0.6 is 0 Å². The summed E-state index contributed by atoms with van der Waals surface area (Å²) in [5.74, 6) is -0.284. The van der Waals surface area contributed by atoms with Gasteiger partial charge in [0.15, 0.2) is 0 Å². The van der Waals surface area contributed by atoms with Gasteiger partial charge in [-0.2, -0.15) is 5.10 Å². The molecule has 2 amide bonds. The lowest BCUT2D eigenvalue weighted by Crippen LogP contribution is -2.56. The Bertz CT molecular complexity index is 789. The summed E-state index contributed by atoms with van der Waals surface area (Å²) < 4.78 is 13.1. The van der Waals surface area contributed by atoms with Crippen molar-refractivity contribution in [1.82, 2.24) is 14.8 Å². The third kappa shape index (κ3) is 4.42. The summed E-state index contributed by atoms with van der Waals surface area (Å²) in [5, 5.41) is 5.47. The van der Waals surface area contributed by atoms with Gasteiger partial charge < -0.3 is 9.80 Å². The fraction of sp³-hybridized carbons (Fsp3) is 0.571. The molecule has 3 aliphatic rings. The van der Waals surface area contributed by atoms with Crippen molar-refractivity contribution in [1.29, 1.82) is 0 Å². The second-order valence-corrected chi connectivity index (χ2v) is 8.01. The van der Waals surface area contributed by atoms with Crippen LogP contribution in [0, 0.1) is 5.82 Å². The zero-order valence-corrected chi connectivity index (χ0v) is 16.9. The summed E-state index contributed by atoms with van der Waals surface area (Å²) in [6.07, 6.45) is 2.85. The zero-order valence-electron chi connectivity index (χ0n) is 16.9. The number of anilines is 1. The molecule has 1 aromatic rings. The number of amides is 2. The molecule has 0 saturated carbocycles. The Morgan fingerprint density at radius 3 is 2.48 bits per heavy atom. The normalized spacial score (nSPS) is 23.9. The first-order valence-corrected chi connectivity index (χ1v) is 10.4. The number of hydrogen-bond acceptors (Lipinski definition) is 5. The molecule has 0 unspecified atom stereocenters. The van der Waals surface area contributed by atoms with Crippen molar-refractivity contribution in [3.8, 4) is 0 Å². The summed E-state index contributed by atoms with van der Waals surface area (Å²) in [4.78, 5) is 31.2. The highest BCUT2D eigenvalue weighted by molar-refractivity contribution is 6.39. The maximum absolute atomic E-state index is 13.1. The largest absolute Gasteiger partial charge is 0.369 e. The Labute approximate surface area is 170 Å². The van der Waals surface area contributed by atoms with E-state index in [0.29, 0.717) is 31.1 Å². The van der Waals surface area contributed by atoms with E-state index in [1.807, 2.05) is 17.0 Å². The third-order valence-electron chi connectivity index (χ3n) is 6.16. The molecule has 4 rings (SSSR count). The number of benzene rings is 1. The molecule has 0 bridgehead atoms. The number of nitrogens with zero attached hydrogens (tertiary/aromatic N) is 5. The minimum atomic E-state index is -0.211. The number of likely N-dealkylation sites (tertiary alicyclic amines) is 1. The molecule has 0 aromatic heterocycles. The van der Waals surface area contributed by atoms with Gasteiger partial charge in [-0.3, -0.25) is 14.5 Å². The van der Waals surface area contributed by atoms with E-state index in [9.17, 15) is 14.0 Å². The van der Waals surface area contributed by atoms with Crippen LogP contribution < -0.4 is 4.90 Å². The molecular weight excluding hydrogens is 373 g/mol. The van der Waals surface area contributed by atoms with Gasteiger partial charge in [0.1, 0.15) is 11.5 Å². The Morgan fingerprint density at radius 1 is 1.07 bits per heavy atom. The lowest BCUT2D eigenvalue weighted by Gasteiger charge is -2.44. The zero-order chi connectivity index (χ0) is 20.4. The smallest absolute Gasteiger partial charge is 0.270 e. The first-order valence-electron chi connectivity index (χ1n) is 10.4. The number of piperidine rings is 1. The van der Waals surface area contributed by atoms with Crippen LogP contribution in [0.1, 0.15) is 25.7 Å². The van der Waals surface area contributed by atoms with Gasteiger partial charge in [-0.1, -0.05) is 0 Å². The van der Waals surface area contributed by atoms with Crippen molar-refractivity contribution >= 4 is 23.2 Å².